The summed E-state index contributed by atoms with van der Waals surface area (Å²) in [5, 5.41) is 0. The molecule has 0 amide bonds. The maximum atomic E-state index is 10.2. The molecule has 0 aromatic carbocycles. The summed E-state index contributed by atoms with van der Waals surface area (Å²) >= 11 is 0. The first-order chi connectivity index (χ1) is 4.52. The fraction of sp³-hybridized carbons (Fsp3) is 0.600. The van der Waals surface area contributed by atoms with Gasteiger partial charge in [-0.3, -0.25) is 9.59 Å². The van der Waals surface area contributed by atoms with E-state index in [4.69, 9.17) is 0 Å². The third kappa shape index (κ3) is 5.30. The van der Waals surface area contributed by atoms with E-state index < -0.39 is 21.2 Å². The summed E-state index contributed by atoms with van der Waals surface area (Å²) < 4.78 is 9.16. The van der Waals surface area contributed by atoms with Crippen molar-refractivity contribution in [2.45, 2.75) is 20.4 Å². The van der Waals surface area contributed by atoms with Crippen molar-refractivity contribution in [3.63, 3.8) is 0 Å². The van der Waals surface area contributed by atoms with Gasteiger partial charge in [0.2, 0.25) is 0 Å². The Hall–Kier alpha value is -0.843. The fourth-order valence-corrected chi connectivity index (χ4v) is 1.28. The molecule has 1 radical (unpaired) electrons. The molecule has 5 heteroatoms. The van der Waals surface area contributed by atoms with E-state index in [2.05, 4.69) is 8.85 Å². The summed E-state index contributed by atoms with van der Waals surface area (Å²) in [4.78, 5) is 20.5. The van der Waals surface area contributed by atoms with Gasteiger partial charge in [0, 0.05) is 20.4 Å². The molecule has 0 unspecified atom stereocenters. The Morgan fingerprint density at radius 3 is 1.60 bits per heavy atom. The molecule has 0 aromatic rings. The molecule has 0 aliphatic rings. The zero-order chi connectivity index (χ0) is 8.15. The molecule has 0 rings (SSSR count). The predicted molar refractivity (Wildman–Crippen MR) is 35.1 cm³/mol. The van der Waals surface area contributed by atoms with Crippen LogP contribution in [-0.4, -0.2) is 21.2 Å². The molecule has 0 fully saturated rings. The SMILES string of the molecule is CC(=O)O[Si](C)OC(C)=O. The molecule has 10 heavy (non-hydrogen) atoms. The van der Waals surface area contributed by atoms with Crippen molar-refractivity contribution in [1.82, 2.24) is 0 Å². The van der Waals surface area contributed by atoms with Gasteiger partial charge in [-0.2, -0.15) is 0 Å². The van der Waals surface area contributed by atoms with E-state index in [0.717, 1.165) is 0 Å². The first-order valence-electron chi connectivity index (χ1n) is 2.72. The Morgan fingerprint density at radius 2 is 1.40 bits per heavy atom. The average molecular weight is 161 g/mol. The van der Waals surface area contributed by atoms with Crippen LogP contribution in [0.15, 0.2) is 0 Å². The van der Waals surface area contributed by atoms with E-state index in [9.17, 15) is 9.59 Å². The van der Waals surface area contributed by atoms with Gasteiger partial charge in [-0.25, -0.2) is 0 Å². The van der Waals surface area contributed by atoms with E-state index >= 15 is 0 Å². The summed E-state index contributed by atoms with van der Waals surface area (Å²) in [5.41, 5.74) is 0. The van der Waals surface area contributed by atoms with Crippen LogP contribution in [0, 0.1) is 0 Å². The summed E-state index contributed by atoms with van der Waals surface area (Å²) in [6.07, 6.45) is 0. The van der Waals surface area contributed by atoms with Crippen molar-refractivity contribution in [3.05, 3.63) is 0 Å². The average Bonchev–Trinajstić information content (AvgIpc) is 1.58. The van der Waals surface area contributed by atoms with E-state index in [1.54, 1.807) is 6.55 Å². The van der Waals surface area contributed by atoms with Crippen LogP contribution in [0.25, 0.3) is 0 Å². The zero-order valence-corrected chi connectivity index (χ0v) is 7.13. The van der Waals surface area contributed by atoms with Crippen molar-refractivity contribution in [3.8, 4) is 0 Å². The monoisotopic (exact) mass is 161 g/mol. The molecule has 0 saturated carbocycles. The maximum Gasteiger partial charge on any atom is 0.532 e. The zero-order valence-electron chi connectivity index (χ0n) is 6.13. The lowest BCUT2D eigenvalue weighted by atomic mass is 10.9. The highest BCUT2D eigenvalue weighted by atomic mass is 28.3. The van der Waals surface area contributed by atoms with Crippen molar-refractivity contribution in [1.29, 1.82) is 0 Å². The first-order valence-corrected chi connectivity index (χ1v) is 4.54. The van der Waals surface area contributed by atoms with Gasteiger partial charge in [-0.15, -0.1) is 0 Å². The van der Waals surface area contributed by atoms with E-state index in [-0.39, 0.29) is 0 Å². The molecular weight excluding hydrogens is 152 g/mol. The van der Waals surface area contributed by atoms with E-state index in [0.29, 0.717) is 0 Å². The number of carbonyl (C=O) groups is 2. The number of hydrogen-bond acceptors (Lipinski definition) is 4. The van der Waals surface area contributed by atoms with Gasteiger partial charge in [0.25, 0.3) is 11.9 Å². The van der Waals surface area contributed by atoms with Gasteiger partial charge in [0.1, 0.15) is 0 Å². The third-order valence-corrected chi connectivity index (χ3v) is 1.72. The molecule has 0 aliphatic heterocycles. The van der Waals surface area contributed by atoms with Crippen LogP contribution in [0.2, 0.25) is 6.55 Å². The lowest BCUT2D eigenvalue weighted by molar-refractivity contribution is -0.137. The van der Waals surface area contributed by atoms with Gasteiger partial charge in [-0.05, 0) is 0 Å². The summed E-state index contributed by atoms with van der Waals surface area (Å²) in [7, 11) is -1.69. The summed E-state index contributed by atoms with van der Waals surface area (Å²) in [5.74, 6) is -0.838. The van der Waals surface area contributed by atoms with E-state index in [1.807, 2.05) is 0 Å². The Bertz CT molecular complexity index is 129. The highest BCUT2D eigenvalue weighted by Gasteiger charge is 2.14. The fourth-order valence-electron chi connectivity index (χ4n) is 0.426. The molecule has 0 N–H and O–H groups in total. The lowest BCUT2D eigenvalue weighted by Crippen LogP contribution is -2.23. The number of carbonyl (C=O) groups excluding carboxylic acids is 2. The molecule has 4 nitrogen and oxygen atoms in total. The van der Waals surface area contributed by atoms with Crippen LogP contribution in [0.4, 0.5) is 0 Å². The molecule has 0 spiro atoms. The van der Waals surface area contributed by atoms with Crippen molar-refractivity contribution < 1.29 is 18.4 Å². The van der Waals surface area contributed by atoms with Crippen LogP contribution in [0.1, 0.15) is 13.8 Å². The van der Waals surface area contributed by atoms with Crippen molar-refractivity contribution >= 4 is 21.2 Å². The van der Waals surface area contributed by atoms with Crippen molar-refractivity contribution in [2.75, 3.05) is 0 Å². The summed E-state index contributed by atoms with van der Waals surface area (Å²) in [6, 6.07) is 0. The Morgan fingerprint density at radius 1 is 1.10 bits per heavy atom. The topological polar surface area (TPSA) is 52.6 Å². The van der Waals surface area contributed by atoms with Crippen molar-refractivity contribution in [2.24, 2.45) is 0 Å². The van der Waals surface area contributed by atoms with Crippen LogP contribution in [-0.2, 0) is 18.4 Å². The smallest absolute Gasteiger partial charge is 0.483 e. The van der Waals surface area contributed by atoms with Crippen LogP contribution >= 0.6 is 0 Å². The molecule has 0 heterocycles. The Kier molecular flexibility index (Phi) is 3.71. The molecule has 0 aromatic heterocycles. The number of hydrogen-bond donors (Lipinski definition) is 0. The van der Waals surface area contributed by atoms with Gasteiger partial charge in [0.05, 0.1) is 0 Å². The Labute approximate surface area is 61.0 Å². The highest BCUT2D eigenvalue weighted by Crippen LogP contribution is 1.89. The highest BCUT2D eigenvalue weighted by molar-refractivity contribution is 6.47. The quantitative estimate of drug-likeness (QED) is 0.544. The number of rotatable bonds is 2. The van der Waals surface area contributed by atoms with Gasteiger partial charge in [0.15, 0.2) is 0 Å². The van der Waals surface area contributed by atoms with Crippen LogP contribution < -0.4 is 0 Å². The molecular formula is C5H9O4Si. The first kappa shape index (κ1) is 9.16. The largest absolute Gasteiger partial charge is 0.532 e. The normalized spacial score (nSPS) is 9.20. The minimum Gasteiger partial charge on any atom is -0.483 e. The summed E-state index contributed by atoms with van der Waals surface area (Å²) in [6.45, 7) is 4.13. The molecule has 0 atom stereocenters. The predicted octanol–water partition coefficient (Wildman–Crippen LogP) is 0.231. The second-order valence-corrected chi connectivity index (χ2v) is 3.07. The second kappa shape index (κ2) is 4.05. The lowest BCUT2D eigenvalue weighted by Gasteiger charge is -2.06. The maximum absolute atomic E-state index is 10.2. The minimum atomic E-state index is -1.69. The van der Waals surface area contributed by atoms with Gasteiger partial charge < -0.3 is 8.85 Å². The van der Waals surface area contributed by atoms with Crippen LogP contribution in [0.3, 0.4) is 0 Å². The van der Waals surface area contributed by atoms with Gasteiger partial charge >= 0.3 is 9.28 Å². The third-order valence-electron chi connectivity index (χ3n) is 0.575. The standard InChI is InChI=1S/C5H9O4Si/c1-4(6)8-10(3)9-5(2)7/h1-3H3. The second-order valence-electron chi connectivity index (χ2n) is 1.68. The van der Waals surface area contributed by atoms with Gasteiger partial charge in [-0.1, -0.05) is 0 Å². The molecule has 0 saturated heterocycles. The molecule has 0 aliphatic carbocycles. The molecule has 57 valence electrons. The van der Waals surface area contributed by atoms with Crippen LogP contribution in [0.5, 0.6) is 0 Å². The van der Waals surface area contributed by atoms with E-state index in [1.165, 1.54) is 13.8 Å². The minimum absolute atomic E-state index is 0.419. The Balaban J connectivity index is 3.53. The molecule has 0 bridgehead atoms.